The van der Waals surface area contributed by atoms with Crippen molar-refractivity contribution in [1.29, 1.82) is 0 Å². The first-order valence-corrected chi connectivity index (χ1v) is 4.81. The van der Waals surface area contributed by atoms with Crippen molar-refractivity contribution in [3.8, 4) is 0 Å². The van der Waals surface area contributed by atoms with Crippen molar-refractivity contribution in [2.75, 3.05) is 0 Å². The number of aryl methyl sites for hydroxylation is 1. The summed E-state index contributed by atoms with van der Waals surface area (Å²) in [7, 11) is 1.82. The molecule has 1 atom stereocenters. The molecule has 15 heavy (non-hydrogen) atoms. The second-order valence-corrected chi connectivity index (χ2v) is 3.70. The average molecular weight is 212 g/mol. The molecule has 0 aliphatic rings. The zero-order valence-corrected chi connectivity index (χ0v) is 9.19. The normalized spacial score (nSPS) is 14.9. The van der Waals surface area contributed by atoms with Crippen LogP contribution in [0.25, 0.3) is 0 Å². The van der Waals surface area contributed by atoms with Gasteiger partial charge in [-0.3, -0.25) is 10.1 Å². The van der Waals surface area contributed by atoms with E-state index in [1.165, 1.54) is 0 Å². The van der Waals surface area contributed by atoms with Crippen LogP contribution in [0.1, 0.15) is 26.1 Å². The number of carbonyl (C=O) groups is 1. The molecule has 0 radical (unpaired) electrons. The largest absolute Gasteiger partial charge is 0.480 e. The summed E-state index contributed by atoms with van der Waals surface area (Å²) in [5.74, 6) is -0.136. The van der Waals surface area contributed by atoms with Gasteiger partial charge in [0, 0.05) is 7.05 Å². The van der Waals surface area contributed by atoms with Crippen molar-refractivity contribution in [3.63, 3.8) is 0 Å². The average Bonchev–Trinajstić information content (AvgIpc) is 2.60. The van der Waals surface area contributed by atoms with Gasteiger partial charge in [0.15, 0.2) is 0 Å². The highest BCUT2D eigenvalue weighted by atomic mass is 16.4. The van der Waals surface area contributed by atoms with Crippen LogP contribution in [0, 0.1) is 0 Å². The third kappa shape index (κ3) is 2.53. The highest BCUT2D eigenvalue weighted by Crippen LogP contribution is 2.09. The van der Waals surface area contributed by atoms with E-state index in [4.69, 9.17) is 5.11 Å². The maximum atomic E-state index is 11.0. The molecule has 6 nitrogen and oxygen atoms in total. The molecule has 0 amide bonds. The minimum Gasteiger partial charge on any atom is -0.480 e. The maximum Gasteiger partial charge on any atom is 0.323 e. The van der Waals surface area contributed by atoms with Crippen molar-refractivity contribution in [1.82, 2.24) is 20.1 Å². The van der Waals surface area contributed by atoms with Crippen molar-refractivity contribution in [2.45, 2.75) is 32.4 Å². The number of hydrogen-bond acceptors (Lipinski definition) is 4. The molecule has 0 fully saturated rings. The van der Waals surface area contributed by atoms with Gasteiger partial charge >= 0.3 is 5.97 Å². The van der Waals surface area contributed by atoms with Gasteiger partial charge in [-0.15, -0.1) is 10.2 Å². The molecule has 1 unspecified atom stereocenters. The summed E-state index contributed by atoms with van der Waals surface area (Å²) in [5, 5.41) is 19.6. The maximum absolute atomic E-state index is 11.0. The van der Waals surface area contributed by atoms with Crippen molar-refractivity contribution < 1.29 is 9.90 Å². The third-order valence-corrected chi connectivity index (χ3v) is 2.62. The molecule has 1 aromatic heterocycles. The molecule has 1 aromatic rings. The minimum absolute atomic E-state index is 0.396. The molecule has 0 saturated carbocycles. The fourth-order valence-electron chi connectivity index (χ4n) is 1.09. The number of aromatic nitrogens is 3. The number of carboxylic acids is 1. The summed E-state index contributed by atoms with van der Waals surface area (Å²) >= 11 is 0. The Morgan fingerprint density at radius 3 is 2.80 bits per heavy atom. The smallest absolute Gasteiger partial charge is 0.323 e. The Morgan fingerprint density at radius 2 is 2.40 bits per heavy atom. The lowest BCUT2D eigenvalue weighted by Crippen LogP contribution is -2.48. The molecule has 84 valence electrons. The fraction of sp³-hybridized carbons (Fsp3) is 0.667. The summed E-state index contributed by atoms with van der Waals surface area (Å²) in [6.45, 7) is 3.89. The van der Waals surface area contributed by atoms with E-state index in [0.717, 1.165) is 5.82 Å². The highest BCUT2D eigenvalue weighted by Gasteiger charge is 2.30. The summed E-state index contributed by atoms with van der Waals surface area (Å²) in [6, 6.07) is 0. The number of carboxylic acid groups (broad SMARTS) is 1. The van der Waals surface area contributed by atoms with Crippen LogP contribution >= 0.6 is 0 Å². The quantitative estimate of drug-likeness (QED) is 0.726. The van der Waals surface area contributed by atoms with Crippen molar-refractivity contribution in [2.24, 2.45) is 7.05 Å². The Morgan fingerprint density at radius 1 is 1.73 bits per heavy atom. The molecule has 2 N–H and O–H groups in total. The predicted octanol–water partition coefficient (Wildman–Crippen LogP) is 0.158. The third-order valence-electron chi connectivity index (χ3n) is 2.62. The van der Waals surface area contributed by atoms with Gasteiger partial charge in [0.05, 0.1) is 6.54 Å². The Balaban J connectivity index is 2.63. The standard InChI is InChI=1S/C9H16N4O2/c1-4-9(2,8(14)15)10-5-7-12-11-6-13(7)3/h6,10H,4-5H2,1-3H3,(H,14,15). The Hall–Kier alpha value is -1.43. The lowest BCUT2D eigenvalue weighted by atomic mass is 9.99. The number of rotatable bonds is 5. The zero-order valence-electron chi connectivity index (χ0n) is 9.19. The van der Waals surface area contributed by atoms with E-state index in [9.17, 15) is 4.79 Å². The van der Waals surface area contributed by atoms with Gasteiger partial charge < -0.3 is 9.67 Å². The van der Waals surface area contributed by atoms with E-state index >= 15 is 0 Å². The second-order valence-electron chi connectivity index (χ2n) is 3.70. The molecule has 1 rings (SSSR count). The summed E-state index contributed by atoms with van der Waals surface area (Å²) < 4.78 is 1.75. The first-order chi connectivity index (χ1) is 6.99. The van der Waals surface area contributed by atoms with Crippen LogP contribution in [-0.4, -0.2) is 31.4 Å². The molecule has 0 aliphatic heterocycles. The topological polar surface area (TPSA) is 80.0 Å². The zero-order chi connectivity index (χ0) is 11.5. The first kappa shape index (κ1) is 11.6. The van der Waals surface area contributed by atoms with Gasteiger partial charge in [-0.25, -0.2) is 0 Å². The number of nitrogens with zero attached hydrogens (tertiary/aromatic N) is 3. The van der Waals surface area contributed by atoms with Gasteiger partial charge in [0.25, 0.3) is 0 Å². The van der Waals surface area contributed by atoms with Crippen LogP contribution in [0.5, 0.6) is 0 Å². The Bertz CT molecular complexity index is 350. The van der Waals surface area contributed by atoms with Gasteiger partial charge in [0.2, 0.25) is 0 Å². The fourth-order valence-corrected chi connectivity index (χ4v) is 1.09. The van der Waals surface area contributed by atoms with Crippen molar-refractivity contribution >= 4 is 5.97 Å². The molecule has 0 aliphatic carbocycles. The molecular formula is C9H16N4O2. The first-order valence-electron chi connectivity index (χ1n) is 4.81. The van der Waals surface area contributed by atoms with Crippen LogP contribution in [0.15, 0.2) is 6.33 Å². The van der Waals surface area contributed by atoms with Gasteiger partial charge in [-0.2, -0.15) is 0 Å². The molecule has 1 heterocycles. The lowest BCUT2D eigenvalue weighted by molar-refractivity contribution is -0.144. The summed E-state index contributed by atoms with van der Waals surface area (Å²) in [5.41, 5.74) is -0.911. The Labute approximate surface area is 88.3 Å². The molecule has 0 aromatic carbocycles. The SMILES string of the molecule is CCC(C)(NCc1nncn1C)C(=O)O. The molecular weight excluding hydrogens is 196 g/mol. The van der Waals surface area contributed by atoms with E-state index < -0.39 is 11.5 Å². The van der Waals surface area contributed by atoms with Gasteiger partial charge in [0.1, 0.15) is 17.7 Å². The number of nitrogens with one attached hydrogen (secondary N) is 1. The monoisotopic (exact) mass is 212 g/mol. The van der Waals surface area contributed by atoms with Crippen LogP contribution < -0.4 is 5.32 Å². The molecule has 6 heteroatoms. The molecule has 0 saturated heterocycles. The van der Waals surface area contributed by atoms with E-state index in [-0.39, 0.29) is 0 Å². The second kappa shape index (κ2) is 4.39. The molecule has 0 spiro atoms. The van der Waals surface area contributed by atoms with E-state index in [0.29, 0.717) is 13.0 Å². The number of aliphatic carboxylic acids is 1. The summed E-state index contributed by atoms with van der Waals surface area (Å²) in [4.78, 5) is 11.0. The minimum atomic E-state index is -0.911. The number of hydrogen-bond donors (Lipinski definition) is 2. The van der Waals surface area contributed by atoms with E-state index in [1.807, 2.05) is 14.0 Å². The van der Waals surface area contributed by atoms with E-state index in [2.05, 4.69) is 15.5 Å². The van der Waals surface area contributed by atoms with E-state index in [1.54, 1.807) is 17.8 Å². The Kier molecular flexibility index (Phi) is 3.41. The van der Waals surface area contributed by atoms with Crippen LogP contribution in [-0.2, 0) is 18.4 Å². The van der Waals surface area contributed by atoms with Gasteiger partial charge in [-0.05, 0) is 13.3 Å². The van der Waals surface area contributed by atoms with Crippen LogP contribution in [0.3, 0.4) is 0 Å². The molecule has 0 bridgehead atoms. The van der Waals surface area contributed by atoms with Crippen LogP contribution in [0.2, 0.25) is 0 Å². The predicted molar refractivity (Wildman–Crippen MR) is 54.2 cm³/mol. The van der Waals surface area contributed by atoms with Gasteiger partial charge in [-0.1, -0.05) is 6.92 Å². The van der Waals surface area contributed by atoms with Crippen LogP contribution in [0.4, 0.5) is 0 Å². The van der Waals surface area contributed by atoms with Crippen molar-refractivity contribution in [3.05, 3.63) is 12.2 Å². The summed E-state index contributed by atoms with van der Waals surface area (Å²) in [6.07, 6.45) is 2.10. The highest BCUT2D eigenvalue weighted by molar-refractivity contribution is 5.78. The lowest BCUT2D eigenvalue weighted by Gasteiger charge is -2.24.